The molecule has 1 aliphatic rings. The lowest BCUT2D eigenvalue weighted by atomic mass is 9.88. The smallest absolute Gasteiger partial charge is 0.274 e. The maximum absolute atomic E-state index is 12.9. The Hall–Kier alpha value is -2.83. The summed E-state index contributed by atoms with van der Waals surface area (Å²) in [6.45, 7) is 2.68. The highest BCUT2D eigenvalue weighted by Crippen LogP contribution is 2.34. The summed E-state index contributed by atoms with van der Waals surface area (Å²) in [5.74, 6) is 1.66. The highest BCUT2D eigenvalue weighted by molar-refractivity contribution is 6.00. The van der Waals surface area contributed by atoms with Crippen LogP contribution in [0.5, 0.6) is 5.75 Å². The van der Waals surface area contributed by atoms with Gasteiger partial charge in [0.25, 0.3) is 11.5 Å². The van der Waals surface area contributed by atoms with E-state index in [9.17, 15) is 9.59 Å². The number of hydrogen-bond donors (Lipinski definition) is 1. The third-order valence-corrected chi connectivity index (χ3v) is 5.94. The molecule has 1 aromatic carbocycles. The number of aromatic nitrogens is 3. The van der Waals surface area contributed by atoms with Crippen LogP contribution in [-0.4, -0.2) is 45.9 Å². The first-order valence-corrected chi connectivity index (χ1v) is 10.4. The molecule has 3 aromatic rings. The highest BCUT2D eigenvalue weighted by atomic mass is 16.5. The molecule has 2 aromatic heterocycles. The lowest BCUT2D eigenvalue weighted by molar-refractivity contribution is 0.0792. The monoisotopic (exact) mass is 396 g/mol. The number of hydrogen-bond acceptors (Lipinski definition) is 4. The molecule has 1 N–H and O–H groups in total. The van der Waals surface area contributed by atoms with E-state index >= 15 is 0 Å². The van der Waals surface area contributed by atoms with Gasteiger partial charge in [0.2, 0.25) is 0 Å². The van der Waals surface area contributed by atoms with Crippen molar-refractivity contribution in [3.63, 3.8) is 0 Å². The fourth-order valence-corrected chi connectivity index (χ4v) is 4.45. The number of carbonyl (C=O) groups is 1. The number of imidazole rings is 1. The van der Waals surface area contributed by atoms with Gasteiger partial charge in [-0.1, -0.05) is 26.2 Å². The fraction of sp³-hybridized carbons (Fsp3) is 0.500. The van der Waals surface area contributed by atoms with Gasteiger partial charge in [0, 0.05) is 25.6 Å². The predicted octanol–water partition coefficient (Wildman–Crippen LogP) is 3.71. The molecule has 1 fully saturated rings. The van der Waals surface area contributed by atoms with E-state index in [1.165, 1.54) is 19.3 Å². The van der Waals surface area contributed by atoms with Crippen LogP contribution in [0.25, 0.3) is 16.6 Å². The van der Waals surface area contributed by atoms with Crippen LogP contribution in [0, 0.1) is 0 Å². The van der Waals surface area contributed by atoms with Crippen molar-refractivity contribution in [3.05, 3.63) is 40.1 Å². The predicted molar refractivity (Wildman–Crippen MR) is 113 cm³/mol. The van der Waals surface area contributed by atoms with Gasteiger partial charge >= 0.3 is 0 Å². The number of nitrogens with one attached hydrogen (secondary N) is 1. The van der Waals surface area contributed by atoms with E-state index in [0.717, 1.165) is 30.6 Å². The van der Waals surface area contributed by atoms with Gasteiger partial charge in [-0.05, 0) is 25.3 Å². The Morgan fingerprint density at radius 1 is 1.28 bits per heavy atom. The van der Waals surface area contributed by atoms with Crippen LogP contribution in [-0.2, 0) is 0 Å². The molecule has 1 saturated carbocycles. The number of H-pyrrole nitrogens is 1. The minimum Gasteiger partial charge on any atom is -0.496 e. The maximum Gasteiger partial charge on any atom is 0.274 e. The van der Waals surface area contributed by atoms with Gasteiger partial charge in [0.15, 0.2) is 0 Å². The molecule has 2 heterocycles. The minimum atomic E-state index is -0.197. The Kier molecular flexibility index (Phi) is 5.30. The van der Waals surface area contributed by atoms with Gasteiger partial charge in [-0.3, -0.25) is 14.0 Å². The molecule has 154 valence electrons. The molecule has 0 spiro atoms. The van der Waals surface area contributed by atoms with Crippen molar-refractivity contribution in [1.82, 2.24) is 19.3 Å². The molecule has 0 unspecified atom stereocenters. The molecule has 4 rings (SSSR count). The van der Waals surface area contributed by atoms with Gasteiger partial charge in [0.05, 0.1) is 29.9 Å². The number of benzene rings is 1. The van der Waals surface area contributed by atoms with E-state index in [4.69, 9.17) is 4.74 Å². The van der Waals surface area contributed by atoms with Gasteiger partial charge in [0.1, 0.15) is 17.1 Å². The summed E-state index contributed by atoms with van der Waals surface area (Å²) in [7, 11) is 3.34. The third-order valence-electron chi connectivity index (χ3n) is 5.94. The first-order chi connectivity index (χ1) is 14.0. The first kappa shape index (κ1) is 19.5. The quantitative estimate of drug-likeness (QED) is 0.713. The van der Waals surface area contributed by atoms with Crippen molar-refractivity contribution in [2.75, 3.05) is 20.7 Å². The van der Waals surface area contributed by atoms with Crippen LogP contribution >= 0.6 is 0 Å². The number of carbonyl (C=O) groups excluding carboxylic acids is 1. The summed E-state index contributed by atoms with van der Waals surface area (Å²) < 4.78 is 7.53. The van der Waals surface area contributed by atoms with Gasteiger partial charge in [-0.15, -0.1) is 0 Å². The summed E-state index contributed by atoms with van der Waals surface area (Å²) in [4.78, 5) is 34.8. The molecule has 0 radical (unpaired) electrons. The van der Waals surface area contributed by atoms with Crippen molar-refractivity contribution >= 4 is 22.5 Å². The minimum absolute atomic E-state index is 0.121. The van der Waals surface area contributed by atoms with Crippen molar-refractivity contribution in [2.45, 2.75) is 51.4 Å². The largest absolute Gasteiger partial charge is 0.496 e. The van der Waals surface area contributed by atoms with Crippen LogP contribution in [0.3, 0.4) is 0 Å². The number of ether oxygens (including phenoxy) is 1. The molecular formula is C22H28N4O3. The Morgan fingerprint density at radius 2 is 2.03 bits per heavy atom. The topological polar surface area (TPSA) is 79.7 Å². The van der Waals surface area contributed by atoms with Gasteiger partial charge in [-0.2, -0.15) is 0 Å². The summed E-state index contributed by atoms with van der Waals surface area (Å²) in [6.07, 6.45) is 8.33. The van der Waals surface area contributed by atoms with E-state index in [1.54, 1.807) is 31.3 Å². The average molecular weight is 396 g/mol. The van der Waals surface area contributed by atoms with E-state index in [1.807, 2.05) is 17.4 Å². The average Bonchev–Trinajstić information content (AvgIpc) is 3.19. The Balaban J connectivity index is 1.93. The molecule has 7 nitrogen and oxygen atoms in total. The molecule has 0 saturated heterocycles. The van der Waals surface area contributed by atoms with E-state index in [-0.39, 0.29) is 11.5 Å². The summed E-state index contributed by atoms with van der Waals surface area (Å²) in [5, 5.41) is 0. The van der Waals surface area contributed by atoms with E-state index in [2.05, 4.69) is 9.97 Å². The van der Waals surface area contributed by atoms with Crippen LogP contribution in [0.4, 0.5) is 0 Å². The lowest BCUT2D eigenvalue weighted by Gasteiger charge is -2.21. The molecular weight excluding hydrogens is 368 g/mol. The van der Waals surface area contributed by atoms with Gasteiger partial charge < -0.3 is 14.6 Å². The molecule has 0 aliphatic heterocycles. The number of rotatable bonds is 5. The summed E-state index contributed by atoms with van der Waals surface area (Å²) in [5.41, 5.74) is 2.21. The second-order valence-corrected chi connectivity index (χ2v) is 7.92. The van der Waals surface area contributed by atoms with E-state index in [0.29, 0.717) is 34.8 Å². The van der Waals surface area contributed by atoms with Crippen molar-refractivity contribution in [1.29, 1.82) is 0 Å². The molecule has 1 amide bonds. The Morgan fingerprint density at radius 3 is 2.72 bits per heavy atom. The highest BCUT2D eigenvalue weighted by Gasteiger charge is 2.24. The normalized spacial score (nSPS) is 15.1. The van der Waals surface area contributed by atoms with Crippen LogP contribution in [0.15, 0.2) is 23.1 Å². The second kappa shape index (κ2) is 7.89. The second-order valence-electron chi connectivity index (χ2n) is 7.92. The molecule has 1 aliphatic carbocycles. The van der Waals surface area contributed by atoms with Crippen molar-refractivity contribution in [2.24, 2.45) is 0 Å². The SMILES string of the molecule is CCCN(C)C(=O)c1cc2[nH]c(=O)c3cnc(C4CCCCC4)n3c2cc1OC. The molecule has 7 heteroatoms. The zero-order chi connectivity index (χ0) is 20.5. The zero-order valence-electron chi connectivity index (χ0n) is 17.3. The first-order valence-electron chi connectivity index (χ1n) is 10.4. The van der Waals surface area contributed by atoms with Crippen LogP contribution in [0.1, 0.15) is 67.5 Å². The number of aromatic amines is 1. The van der Waals surface area contributed by atoms with Crippen LogP contribution in [0.2, 0.25) is 0 Å². The summed E-state index contributed by atoms with van der Waals surface area (Å²) in [6, 6.07) is 3.58. The molecule has 0 bridgehead atoms. The number of fused-ring (bicyclic) bond motifs is 3. The Bertz CT molecular complexity index is 1110. The molecule has 0 atom stereocenters. The maximum atomic E-state index is 12.9. The van der Waals surface area contributed by atoms with E-state index < -0.39 is 0 Å². The lowest BCUT2D eigenvalue weighted by Crippen LogP contribution is -2.28. The fourth-order valence-electron chi connectivity index (χ4n) is 4.45. The van der Waals surface area contributed by atoms with Crippen molar-refractivity contribution in [3.8, 4) is 5.75 Å². The number of nitrogens with zero attached hydrogens (tertiary/aromatic N) is 3. The summed E-state index contributed by atoms with van der Waals surface area (Å²) >= 11 is 0. The Labute approximate surface area is 169 Å². The molecule has 29 heavy (non-hydrogen) atoms. The zero-order valence-corrected chi connectivity index (χ0v) is 17.3. The van der Waals surface area contributed by atoms with Crippen molar-refractivity contribution < 1.29 is 9.53 Å². The van der Waals surface area contributed by atoms with Gasteiger partial charge in [-0.25, -0.2) is 4.98 Å². The van der Waals surface area contributed by atoms with Crippen LogP contribution < -0.4 is 10.3 Å². The number of amides is 1. The standard InChI is InChI=1S/C22H28N4O3/c1-4-10-25(2)22(28)15-11-16-17(12-19(15)29-3)26-18(21(27)24-16)13-23-20(26)14-8-6-5-7-9-14/h11-14H,4-10H2,1-3H3,(H,24,27). The third kappa shape index (κ3) is 3.39. The number of methoxy groups -OCH3 is 1.